The number of amides is 1. The van der Waals surface area contributed by atoms with Gasteiger partial charge in [0.1, 0.15) is 5.76 Å². The van der Waals surface area contributed by atoms with Crippen LogP contribution in [-0.2, 0) is 6.54 Å². The predicted molar refractivity (Wildman–Crippen MR) is 102 cm³/mol. The van der Waals surface area contributed by atoms with Crippen LogP contribution < -0.4 is 0 Å². The molecule has 6 heteroatoms. The van der Waals surface area contributed by atoms with Crippen LogP contribution in [0.5, 0.6) is 0 Å². The number of rotatable bonds is 5. The zero-order chi connectivity index (χ0) is 17.9. The molecule has 0 spiro atoms. The lowest BCUT2D eigenvalue weighted by atomic mass is 10.1. The first-order valence-electron chi connectivity index (χ1n) is 8.88. The number of thiophene rings is 1. The third-order valence-corrected chi connectivity index (χ3v) is 5.89. The van der Waals surface area contributed by atoms with E-state index in [4.69, 9.17) is 4.42 Å². The van der Waals surface area contributed by atoms with Crippen molar-refractivity contribution in [3.8, 4) is 0 Å². The molecular weight excluding hydrogens is 348 g/mol. The van der Waals surface area contributed by atoms with Crippen molar-refractivity contribution in [2.24, 2.45) is 0 Å². The minimum atomic E-state index is 0.0682. The minimum Gasteiger partial charge on any atom is -0.468 e. The number of aliphatic hydroxyl groups excluding tert-OH is 1. The first-order chi connectivity index (χ1) is 12.7. The average molecular weight is 370 g/mol. The van der Waals surface area contributed by atoms with Gasteiger partial charge in [-0.2, -0.15) is 0 Å². The lowest BCUT2D eigenvalue weighted by molar-refractivity contribution is 0.0373. The van der Waals surface area contributed by atoms with Crippen molar-refractivity contribution in [1.82, 2.24) is 9.80 Å². The molecule has 26 heavy (non-hydrogen) atoms. The molecule has 1 saturated heterocycles. The van der Waals surface area contributed by atoms with Gasteiger partial charge in [-0.3, -0.25) is 9.69 Å². The number of piperazine rings is 1. The molecule has 3 heterocycles. The van der Waals surface area contributed by atoms with Gasteiger partial charge in [0.2, 0.25) is 0 Å². The summed E-state index contributed by atoms with van der Waals surface area (Å²) in [6, 6.07) is 11.9. The number of hydrogen-bond donors (Lipinski definition) is 1. The third kappa shape index (κ3) is 3.53. The summed E-state index contributed by atoms with van der Waals surface area (Å²) >= 11 is 1.68. The van der Waals surface area contributed by atoms with E-state index in [-0.39, 0.29) is 18.6 Å². The standard InChI is InChI=1S/C20H22N2O3S/c23-9-5-17-13-22(8-7-21(17)14-18-2-1-10-25-18)20(24)16-3-4-19-15(12-16)6-11-26-19/h1-4,6,10-12,17,23H,5,7-9,13-14H2/t17-/m1/s1. The Labute approximate surface area is 156 Å². The number of carbonyl (C=O) groups is 1. The summed E-state index contributed by atoms with van der Waals surface area (Å²) in [7, 11) is 0. The smallest absolute Gasteiger partial charge is 0.253 e. The summed E-state index contributed by atoms with van der Waals surface area (Å²) in [5.74, 6) is 0.981. The molecule has 1 atom stereocenters. The van der Waals surface area contributed by atoms with E-state index in [2.05, 4.69) is 4.90 Å². The molecule has 1 aliphatic rings. The van der Waals surface area contributed by atoms with E-state index in [9.17, 15) is 9.90 Å². The molecule has 0 bridgehead atoms. The summed E-state index contributed by atoms with van der Waals surface area (Å²) in [5, 5.41) is 12.6. The summed E-state index contributed by atoms with van der Waals surface area (Å²) in [6.45, 7) is 2.91. The average Bonchev–Trinajstić information content (AvgIpc) is 3.33. The molecule has 2 aromatic heterocycles. The second kappa shape index (κ2) is 7.61. The highest BCUT2D eigenvalue weighted by molar-refractivity contribution is 7.17. The van der Waals surface area contributed by atoms with E-state index in [1.54, 1.807) is 17.6 Å². The second-order valence-electron chi connectivity index (χ2n) is 6.64. The molecule has 0 unspecified atom stereocenters. The summed E-state index contributed by atoms with van der Waals surface area (Å²) in [4.78, 5) is 17.2. The lowest BCUT2D eigenvalue weighted by Crippen LogP contribution is -2.54. The van der Waals surface area contributed by atoms with E-state index in [1.165, 1.54) is 4.70 Å². The lowest BCUT2D eigenvalue weighted by Gasteiger charge is -2.41. The fraction of sp³-hybridized carbons (Fsp3) is 0.350. The topological polar surface area (TPSA) is 56.9 Å². The zero-order valence-corrected chi connectivity index (χ0v) is 15.3. The van der Waals surface area contributed by atoms with Gasteiger partial charge in [0, 0.05) is 42.5 Å². The Morgan fingerprint density at radius 1 is 1.27 bits per heavy atom. The van der Waals surface area contributed by atoms with Crippen LogP contribution in [0.3, 0.4) is 0 Å². The maximum absolute atomic E-state index is 13.0. The molecule has 136 valence electrons. The van der Waals surface area contributed by atoms with E-state index >= 15 is 0 Å². The quantitative estimate of drug-likeness (QED) is 0.749. The van der Waals surface area contributed by atoms with Crippen molar-refractivity contribution < 1.29 is 14.3 Å². The van der Waals surface area contributed by atoms with Crippen LogP contribution in [0.25, 0.3) is 10.1 Å². The van der Waals surface area contributed by atoms with Crippen molar-refractivity contribution in [3.63, 3.8) is 0 Å². The van der Waals surface area contributed by atoms with Crippen LogP contribution >= 0.6 is 11.3 Å². The summed E-state index contributed by atoms with van der Waals surface area (Å²) < 4.78 is 6.65. The Kier molecular flexibility index (Phi) is 5.06. The normalized spacial score (nSPS) is 18.5. The summed E-state index contributed by atoms with van der Waals surface area (Å²) in [5.41, 5.74) is 0.734. The molecule has 4 rings (SSSR count). The Bertz CT molecular complexity index is 874. The highest BCUT2D eigenvalue weighted by Gasteiger charge is 2.30. The molecule has 0 aliphatic carbocycles. The summed E-state index contributed by atoms with van der Waals surface area (Å²) in [6.07, 6.45) is 2.32. The van der Waals surface area contributed by atoms with E-state index < -0.39 is 0 Å². The highest BCUT2D eigenvalue weighted by atomic mass is 32.1. The molecular formula is C20H22N2O3S. The van der Waals surface area contributed by atoms with Crippen LogP contribution in [0.4, 0.5) is 0 Å². The Hall–Kier alpha value is -2.15. The predicted octanol–water partition coefficient (Wildman–Crippen LogP) is 3.20. The molecule has 1 aromatic carbocycles. The fourth-order valence-electron chi connectivity index (χ4n) is 3.59. The number of hydrogen-bond acceptors (Lipinski definition) is 5. The first-order valence-corrected chi connectivity index (χ1v) is 9.76. The number of furan rings is 1. The van der Waals surface area contributed by atoms with Gasteiger partial charge >= 0.3 is 0 Å². The van der Waals surface area contributed by atoms with E-state index in [0.717, 1.165) is 23.3 Å². The second-order valence-corrected chi connectivity index (χ2v) is 7.59. The maximum Gasteiger partial charge on any atom is 0.253 e. The molecule has 0 saturated carbocycles. The molecule has 5 nitrogen and oxygen atoms in total. The van der Waals surface area contributed by atoms with E-state index in [0.29, 0.717) is 26.1 Å². The van der Waals surface area contributed by atoms with Gasteiger partial charge in [-0.05, 0) is 53.6 Å². The first kappa shape index (κ1) is 17.3. The van der Waals surface area contributed by atoms with Crippen LogP contribution in [-0.4, -0.2) is 53.1 Å². The van der Waals surface area contributed by atoms with Crippen molar-refractivity contribution in [2.45, 2.75) is 19.0 Å². The van der Waals surface area contributed by atoms with Crippen molar-refractivity contribution in [3.05, 3.63) is 59.4 Å². The Morgan fingerprint density at radius 2 is 2.19 bits per heavy atom. The van der Waals surface area contributed by atoms with E-state index in [1.807, 2.05) is 46.7 Å². The van der Waals surface area contributed by atoms with Gasteiger partial charge in [-0.15, -0.1) is 11.3 Å². The molecule has 0 radical (unpaired) electrons. The Balaban J connectivity index is 1.48. The van der Waals surface area contributed by atoms with Gasteiger partial charge in [-0.1, -0.05) is 0 Å². The van der Waals surface area contributed by atoms with Gasteiger partial charge in [0.15, 0.2) is 0 Å². The number of nitrogens with zero attached hydrogens (tertiary/aromatic N) is 2. The fourth-order valence-corrected chi connectivity index (χ4v) is 4.36. The van der Waals surface area contributed by atoms with Crippen molar-refractivity contribution in [1.29, 1.82) is 0 Å². The molecule has 1 amide bonds. The number of aliphatic hydroxyl groups is 1. The molecule has 1 aliphatic heterocycles. The van der Waals surface area contributed by atoms with Gasteiger partial charge in [0.25, 0.3) is 5.91 Å². The third-order valence-electron chi connectivity index (χ3n) is 4.99. The number of benzene rings is 1. The van der Waals surface area contributed by atoms with Crippen LogP contribution in [0, 0.1) is 0 Å². The zero-order valence-electron chi connectivity index (χ0n) is 14.5. The van der Waals surface area contributed by atoms with Crippen LogP contribution in [0.1, 0.15) is 22.5 Å². The van der Waals surface area contributed by atoms with Crippen molar-refractivity contribution >= 4 is 27.3 Å². The minimum absolute atomic E-state index is 0.0682. The van der Waals surface area contributed by atoms with Gasteiger partial charge in [0.05, 0.1) is 12.8 Å². The van der Waals surface area contributed by atoms with Gasteiger partial charge < -0.3 is 14.4 Å². The SMILES string of the molecule is O=C(c1ccc2sccc2c1)N1CCN(Cc2ccco2)[C@H](CCO)C1. The largest absolute Gasteiger partial charge is 0.468 e. The van der Waals surface area contributed by atoms with Crippen LogP contribution in [0.15, 0.2) is 52.5 Å². The van der Waals surface area contributed by atoms with Crippen LogP contribution in [0.2, 0.25) is 0 Å². The molecule has 1 N–H and O–H groups in total. The Morgan fingerprint density at radius 3 is 3.00 bits per heavy atom. The maximum atomic E-state index is 13.0. The van der Waals surface area contributed by atoms with Gasteiger partial charge in [-0.25, -0.2) is 0 Å². The molecule has 3 aromatic rings. The number of fused-ring (bicyclic) bond motifs is 1. The highest BCUT2D eigenvalue weighted by Crippen LogP contribution is 2.24. The molecule has 1 fully saturated rings. The number of carbonyl (C=O) groups excluding carboxylic acids is 1. The van der Waals surface area contributed by atoms with Crippen molar-refractivity contribution in [2.75, 3.05) is 26.2 Å². The monoisotopic (exact) mass is 370 g/mol.